The summed E-state index contributed by atoms with van der Waals surface area (Å²) < 4.78 is 5.12. The average molecular weight is 366 g/mol. The van der Waals surface area contributed by atoms with Gasteiger partial charge < -0.3 is 15.8 Å². The van der Waals surface area contributed by atoms with E-state index in [-0.39, 0.29) is 23.6 Å². The number of nitro groups is 1. The fourth-order valence-corrected chi connectivity index (χ4v) is 2.03. The number of ether oxygens (including phenoxy) is 1. The molecule has 0 saturated carbocycles. The molecule has 0 heterocycles. The summed E-state index contributed by atoms with van der Waals surface area (Å²) in [5.41, 5.74) is 5.37. The average Bonchev–Trinajstić information content (AvgIpc) is 2.65. The van der Waals surface area contributed by atoms with Crippen LogP contribution in [0.25, 0.3) is 6.08 Å². The second-order valence-electron chi connectivity index (χ2n) is 5.26. The molecular formula is C18H14N4O5. The fourth-order valence-electron chi connectivity index (χ4n) is 2.03. The number of non-ortho nitro benzene ring substituents is 1. The van der Waals surface area contributed by atoms with E-state index in [1.54, 1.807) is 30.3 Å². The molecule has 0 aliphatic rings. The normalized spacial score (nSPS) is 10.6. The summed E-state index contributed by atoms with van der Waals surface area (Å²) in [6.45, 7) is -0.260. The van der Waals surface area contributed by atoms with Gasteiger partial charge in [0.1, 0.15) is 17.4 Å². The fraction of sp³-hybridized carbons (Fsp3) is 0.0556. The van der Waals surface area contributed by atoms with Gasteiger partial charge in [-0.3, -0.25) is 19.7 Å². The number of rotatable bonds is 7. The molecular weight excluding hydrogens is 352 g/mol. The van der Waals surface area contributed by atoms with Gasteiger partial charge in [-0.1, -0.05) is 18.2 Å². The van der Waals surface area contributed by atoms with Crippen LogP contribution in [0.15, 0.2) is 54.1 Å². The van der Waals surface area contributed by atoms with Crippen molar-refractivity contribution in [1.29, 1.82) is 5.26 Å². The van der Waals surface area contributed by atoms with Crippen LogP contribution in [-0.4, -0.2) is 23.3 Å². The summed E-state index contributed by atoms with van der Waals surface area (Å²) >= 11 is 0. The van der Waals surface area contributed by atoms with Gasteiger partial charge in [0, 0.05) is 17.8 Å². The summed E-state index contributed by atoms with van der Waals surface area (Å²) in [6, 6.07) is 13.5. The highest BCUT2D eigenvalue weighted by Crippen LogP contribution is 2.19. The maximum Gasteiger partial charge on any atom is 0.271 e. The summed E-state index contributed by atoms with van der Waals surface area (Å²) in [4.78, 5) is 33.1. The molecule has 3 N–H and O–H groups in total. The van der Waals surface area contributed by atoms with Gasteiger partial charge in [-0.25, -0.2) is 0 Å². The van der Waals surface area contributed by atoms with Crippen LogP contribution in [0.4, 0.5) is 11.4 Å². The van der Waals surface area contributed by atoms with Gasteiger partial charge >= 0.3 is 0 Å². The number of nitrogens with one attached hydrogen (secondary N) is 1. The summed E-state index contributed by atoms with van der Waals surface area (Å²) in [7, 11) is 0. The minimum Gasteiger partial charge on any atom is -0.484 e. The number of carbonyl (C=O) groups is 2. The Bertz CT molecular complexity index is 945. The quantitative estimate of drug-likeness (QED) is 0.331. The Kier molecular flexibility index (Phi) is 6.22. The molecule has 136 valence electrons. The predicted octanol–water partition coefficient (Wildman–Crippen LogP) is 2.00. The van der Waals surface area contributed by atoms with Crippen LogP contribution in [0.3, 0.4) is 0 Å². The number of hydrogen-bond acceptors (Lipinski definition) is 6. The van der Waals surface area contributed by atoms with Crippen molar-refractivity contribution in [3.05, 3.63) is 69.8 Å². The SMILES string of the molecule is N#C/C(=C\c1ccc(OCC(N)=O)cc1)C(=O)Nc1cccc([N+](=O)[O-])c1. The lowest BCUT2D eigenvalue weighted by Crippen LogP contribution is -2.19. The Morgan fingerprint density at radius 2 is 1.96 bits per heavy atom. The molecule has 0 bridgehead atoms. The Hall–Kier alpha value is -4.19. The van der Waals surface area contributed by atoms with Gasteiger partial charge in [-0.2, -0.15) is 5.26 Å². The molecule has 0 unspecified atom stereocenters. The number of nitrogens with zero attached hydrogens (tertiary/aromatic N) is 2. The Morgan fingerprint density at radius 3 is 2.56 bits per heavy atom. The van der Waals surface area contributed by atoms with Crippen LogP contribution in [0, 0.1) is 21.4 Å². The van der Waals surface area contributed by atoms with Crippen molar-refractivity contribution in [2.75, 3.05) is 11.9 Å². The number of hydrogen-bond donors (Lipinski definition) is 2. The molecule has 0 radical (unpaired) electrons. The van der Waals surface area contributed by atoms with Crippen molar-refractivity contribution < 1.29 is 19.2 Å². The molecule has 2 amide bonds. The molecule has 9 nitrogen and oxygen atoms in total. The van der Waals surface area contributed by atoms with Crippen LogP contribution >= 0.6 is 0 Å². The maximum atomic E-state index is 12.2. The molecule has 0 saturated heterocycles. The van der Waals surface area contributed by atoms with E-state index in [4.69, 9.17) is 10.5 Å². The smallest absolute Gasteiger partial charge is 0.271 e. The second-order valence-corrected chi connectivity index (χ2v) is 5.26. The van der Waals surface area contributed by atoms with Gasteiger partial charge in [-0.15, -0.1) is 0 Å². The summed E-state index contributed by atoms with van der Waals surface area (Å²) in [5, 5.41) is 22.4. The predicted molar refractivity (Wildman–Crippen MR) is 96.4 cm³/mol. The lowest BCUT2D eigenvalue weighted by atomic mass is 10.1. The van der Waals surface area contributed by atoms with Crippen molar-refractivity contribution >= 4 is 29.3 Å². The number of amides is 2. The second kappa shape index (κ2) is 8.77. The van der Waals surface area contributed by atoms with Crippen molar-refractivity contribution in [2.45, 2.75) is 0 Å². The number of primary amides is 1. The van der Waals surface area contributed by atoms with E-state index in [2.05, 4.69) is 5.32 Å². The molecule has 2 aromatic rings. The third-order valence-electron chi connectivity index (χ3n) is 3.25. The molecule has 0 fully saturated rings. The topological polar surface area (TPSA) is 148 Å². The van der Waals surface area contributed by atoms with E-state index in [0.29, 0.717) is 11.3 Å². The van der Waals surface area contributed by atoms with Gasteiger partial charge in [0.25, 0.3) is 17.5 Å². The molecule has 0 aliphatic carbocycles. The first-order valence-corrected chi connectivity index (χ1v) is 7.58. The van der Waals surface area contributed by atoms with E-state index in [1.165, 1.54) is 30.3 Å². The molecule has 2 aromatic carbocycles. The van der Waals surface area contributed by atoms with Gasteiger partial charge in [0.05, 0.1) is 4.92 Å². The maximum absolute atomic E-state index is 12.2. The number of carbonyl (C=O) groups excluding carboxylic acids is 2. The van der Waals surface area contributed by atoms with Crippen molar-refractivity contribution in [1.82, 2.24) is 0 Å². The number of benzene rings is 2. The Labute approximate surface area is 153 Å². The van der Waals surface area contributed by atoms with E-state index in [9.17, 15) is 25.0 Å². The Balaban J connectivity index is 2.12. The van der Waals surface area contributed by atoms with Crippen LogP contribution in [0.5, 0.6) is 5.75 Å². The largest absolute Gasteiger partial charge is 0.484 e. The zero-order valence-corrected chi connectivity index (χ0v) is 13.9. The van der Waals surface area contributed by atoms with Crippen molar-refractivity contribution in [3.63, 3.8) is 0 Å². The molecule has 0 aromatic heterocycles. The van der Waals surface area contributed by atoms with E-state index in [0.717, 1.165) is 0 Å². The first-order valence-electron chi connectivity index (χ1n) is 7.58. The third kappa shape index (κ3) is 5.68. The van der Waals surface area contributed by atoms with Crippen LogP contribution in [0.1, 0.15) is 5.56 Å². The zero-order valence-electron chi connectivity index (χ0n) is 13.9. The molecule has 27 heavy (non-hydrogen) atoms. The van der Waals surface area contributed by atoms with E-state index < -0.39 is 16.7 Å². The molecule has 2 rings (SSSR count). The molecule has 0 aliphatic heterocycles. The lowest BCUT2D eigenvalue weighted by Gasteiger charge is -2.05. The van der Waals surface area contributed by atoms with Gasteiger partial charge in [0.15, 0.2) is 6.61 Å². The van der Waals surface area contributed by atoms with Crippen LogP contribution in [0.2, 0.25) is 0 Å². The molecule has 9 heteroatoms. The van der Waals surface area contributed by atoms with Crippen LogP contribution < -0.4 is 15.8 Å². The molecule has 0 spiro atoms. The van der Waals surface area contributed by atoms with Crippen molar-refractivity contribution in [2.24, 2.45) is 5.73 Å². The third-order valence-corrected chi connectivity index (χ3v) is 3.25. The Morgan fingerprint density at radius 1 is 1.26 bits per heavy atom. The monoisotopic (exact) mass is 366 g/mol. The van der Waals surface area contributed by atoms with E-state index >= 15 is 0 Å². The highest BCUT2D eigenvalue weighted by Gasteiger charge is 2.12. The van der Waals surface area contributed by atoms with Gasteiger partial charge in [-0.05, 0) is 29.8 Å². The van der Waals surface area contributed by atoms with Crippen LogP contribution in [-0.2, 0) is 9.59 Å². The number of anilines is 1. The molecule has 0 atom stereocenters. The summed E-state index contributed by atoms with van der Waals surface area (Å²) in [5.74, 6) is -0.902. The standard InChI is InChI=1S/C18H14N4O5/c19-10-13(8-12-4-6-16(7-5-12)27-11-17(20)23)18(24)21-14-2-1-3-15(9-14)22(25)26/h1-9H,11H2,(H2,20,23)(H,21,24)/b13-8+. The van der Waals surface area contributed by atoms with Gasteiger partial charge in [0.2, 0.25) is 0 Å². The van der Waals surface area contributed by atoms with E-state index in [1.807, 2.05) is 0 Å². The minimum absolute atomic E-state index is 0.179. The zero-order chi connectivity index (χ0) is 19.8. The lowest BCUT2D eigenvalue weighted by molar-refractivity contribution is -0.384. The highest BCUT2D eigenvalue weighted by molar-refractivity contribution is 6.09. The number of nitro benzene ring substituents is 1. The first-order chi connectivity index (χ1) is 12.9. The minimum atomic E-state index is -0.702. The summed E-state index contributed by atoms with van der Waals surface area (Å²) in [6.07, 6.45) is 1.35. The highest BCUT2D eigenvalue weighted by atomic mass is 16.6. The number of nitrogens with two attached hydrogens (primary N) is 1. The van der Waals surface area contributed by atoms with Crippen molar-refractivity contribution in [3.8, 4) is 11.8 Å². The first kappa shape index (κ1) is 19.1. The number of nitriles is 1.